The molecule has 0 atom stereocenters. The van der Waals surface area contributed by atoms with E-state index in [9.17, 15) is 0 Å². The molecule has 0 saturated heterocycles. The summed E-state index contributed by atoms with van der Waals surface area (Å²) in [6.45, 7) is 0.555. The molecule has 3 rings (SSSR count). The van der Waals surface area contributed by atoms with Crippen LogP contribution in [0.2, 0.25) is 0 Å². The van der Waals surface area contributed by atoms with E-state index in [4.69, 9.17) is 10.3 Å². The zero-order valence-electron chi connectivity index (χ0n) is 11.7. The fourth-order valence-corrected chi connectivity index (χ4v) is 2.89. The van der Waals surface area contributed by atoms with Crippen LogP contribution < -0.4 is 5.73 Å². The van der Waals surface area contributed by atoms with Gasteiger partial charge in [0.25, 0.3) is 0 Å². The van der Waals surface area contributed by atoms with E-state index in [-0.39, 0.29) is 0 Å². The SMILES string of the molecule is NCc1ccc(-c2noc(CCC3CCCC3)n2)cc1. The van der Waals surface area contributed by atoms with Gasteiger partial charge in [-0.05, 0) is 17.9 Å². The topological polar surface area (TPSA) is 64.9 Å². The summed E-state index contributed by atoms with van der Waals surface area (Å²) in [4.78, 5) is 4.49. The Morgan fingerprint density at radius 1 is 1.15 bits per heavy atom. The fraction of sp³-hybridized carbons (Fsp3) is 0.500. The standard InChI is InChI=1S/C16H21N3O/c17-11-13-5-8-14(9-6-13)16-18-15(20-19-16)10-7-12-3-1-2-4-12/h5-6,8-9,12H,1-4,7,10-11,17H2. The Kier molecular flexibility index (Phi) is 4.11. The third-order valence-corrected chi connectivity index (χ3v) is 4.16. The summed E-state index contributed by atoms with van der Waals surface area (Å²) in [6, 6.07) is 8.00. The molecule has 0 unspecified atom stereocenters. The van der Waals surface area contributed by atoms with Gasteiger partial charge in [0.15, 0.2) is 0 Å². The normalized spacial score (nSPS) is 15.8. The Bertz CT molecular complexity index is 541. The fourth-order valence-electron chi connectivity index (χ4n) is 2.89. The molecule has 1 aromatic heterocycles. The number of nitrogens with zero attached hydrogens (tertiary/aromatic N) is 2. The summed E-state index contributed by atoms with van der Waals surface area (Å²) >= 11 is 0. The van der Waals surface area contributed by atoms with Gasteiger partial charge in [-0.25, -0.2) is 0 Å². The zero-order valence-corrected chi connectivity index (χ0v) is 11.7. The monoisotopic (exact) mass is 271 g/mol. The maximum atomic E-state index is 5.59. The molecule has 1 aromatic carbocycles. The van der Waals surface area contributed by atoms with Crippen LogP contribution in [-0.2, 0) is 13.0 Å². The lowest BCUT2D eigenvalue weighted by atomic mass is 10.0. The lowest BCUT2D eigenvalue weighted by Crippen LogP contribution is -1.96. The van der Waals surface area contributed by atoms with Crippen LogP contribution in [0.3, 0.4) is 0 Å². The van der Waals surface area contributed by atoms with E-state index in [1.807, 2.05) is 24.3 Å². The first-order chi connectivity index (χ1) is 9.85. The van der Waals surface area contributed by atoms with Gasteiger partial charge in [-0.3, -0.25) is 0 Å². The molecule has 106 valence electrons. The maximum absolute atomic E-state index is 5.59. The largest absolute Gasteiger partial charge is 0.339 e. The molecule has 20 heavy (non-hydrogen) atoms. The number of nitrogens with two attached hydrogens (primary N) is 1. The van der Waals surface area contributed by atoms with Crippen molar-refractivity contribution in [3.63, 3.8) is 0 Å². The molecule has 1 aliphatic rings. The predicted octanol–water partition coefficient (Wildman–Crippen LogP) is 3.32. The van der Waals surface area contributed by atoms with Gasteiger partial charge in [0.2, 0.25) is 11.7 Å². The molecule has 1 aliphatic carbocycles. The molecule has 0 bridgehead atoms. The van der Waals surface area contributed by atoms with Crippen LogP contribution in [0.4, 0.5) is 0 Å². The summed E-state index contributed by atoms with van der Waals surface area (Å²) in [5.74, 6) is 2.29. The highest BCUT2D eigenvalue weighted by Crippen LogP contribution is 2.28. The highest BCUT2D eigenvalue weighted by atomic mass is 16.5. The number of hydrogen-bond acceptors (Lipinski definition) is 4. The predicted molar refractivity (Wildman–Crippen MR) is 77.9 cm³/mol. The zero-order chi connectivity index (χ0) is 13.8. The van der Waals surface area contributed by atoms with Crippen LogP contribution in [0.5, 0.6) is 0 Å². The third kappa shape index (κ3) is 3.07. The number of benzene rings is 1. The first-order valence-electron chi connectivity index (χ1n) is 7.47. The van der Waals surface area contributed by atoms with E-state index in [1.54, 1.807) is 0 Å². The molecule has 4 heteroatoms. The molecular formula is C16H21N3O. The summed E-state index contributed by atoms with van der Waals surface area (Å²) in [5.41, 5.74) is 7.69. The van der Waals surface area contributed by atoms with E-state index >= 15 is 0 Å². The molecule has 4 nitrogen and oxygen atoms in total. The van der Waals surface area contributed by atoms with Gasteiger partial charge in [0, 0.05) is 18.5 Å². The minimum absolute atomic E-state index is 0.555. The Morgan fingerprint density at radius 3 is 2.60 bits per heavy atom. The van der Waals surface area contributed by atoms with E-state index in [0.717, 1.165) is 29.4 Å². The highest BCUT2D eigenvalue weighted by Gasteiger charge is 2.16. The van der Waals surface area contributed by atoms with Crippen molar-refractivity contribution in [1.29, 1.82) is 0 Å². The van der Waals surface area contributed by atoms with E-state index < -0.39 is 0 Å². The van der Waals surface area contributed by atoms with Gasteiger partial charge in [-0.2, -0.15) is 4.98 Å². The Balaban J connectivity index is 1.62. The molecule has 0 amide bonds. The average molecular weight is 271 g/mol. The minimum Gasteiger partial charge on any atom is -0.339 e. The summed E-state index contributed by atoms with van der Waals surface area (Å²) in [7, 11) is 0. The van der Waals surface area contributed by atoms with Crippen LogP contribution in [-0.4, -0.2) is 10.1 Å². The molecule has 2 aromatic rings. The molecular weight excluding hydrogens is 250 g/mol. The Morgan fingerprint density at radius 2 is 1.90 bits per heavy atom. The van der Waals surface area contributed by atoms with Gasteiger partial charge >= 0.3 is 0 Å². The van der Waals surface area contributed by atoms with E-state index in [2.05, 4.69) is 10.1 Å². The second-order valence-electron chi connectivity index (χ2n) is 5.60. The molecule has 0 spiro atoms. The van der Waals surface area contributed by atoms with Crippen LogP contribution >= 0.6 is 0 Å². The first-order valence-corrected chi connectivity index (χ1v) is 7.47. The average Bonchev–Trinajstić information content (AvgIpc) is 3.17. The Labute approximate surface area is 119 Å². The van der Waals surface area contributed by atoms with Crippen LogP contribution in [0.25, 0.3) is 11.4 Å². The van der Waals surface area contributed by atoms with Crippen molar-refractivity contribution in [1.82, 2.24) is 10.1 Å². The van der Waals surface area contributed by atoms with E-state index in [0.29, 0.717) is 12.4 Å². The van der Waals surface area contributed by atoms with Crippen LogP contribution in [0, 0.1) is 5.92 Å². The second-order valence-corrected chi connectivity index (χ2v) is 5.60. The van der Waals surface area contributed by atoms with Gasteiger partial charge in [0.1, 0.15) is 0 Å². The number of aryl methyl sites for hydroxylation is 1. The summed E-state index contributed by atoms with van der Waals surface area (Å²) in [6.07, 6.45) is 7.57. The van der Waals surface area contributed by atoms with Crippen molar-refractivity contribution < 1.29 is 4.52 Å². The quantitative estimate of drug-likeness (QED) is 0.906. The molecule has 2 N–H and O–H groups in total. The third-order valence-electron chi connectivity index (χ3n) is 4.16. The summed E-state index contributed by atoms with van der Waals surface area (Å²) < 4.78 is 5.35. The number of rotatable bonds is 5. The minimum atomic E-state index is 0.555. The number of hydrogen-bond donors (Lipinski definition) is 1. The van der Waals surface area contributed by atoms with Gasteiger partial charge in [-0.15, -0.1) is 0 Å². The molecule has 1 fully saturated rings. The van der Waals surface area contributed by atoms with Crippen molar-refractivity contribution in [3.05, 3.63) is 35.7 Å². The summed E-state index contributed by atoms with van der Waals surface area (Å²) in [5, 5.41) is 4.07. The second kappa shape index (κ2) is 6.18. The maximum Gasteiger partial charge on any atom is 0.226 e. The molecule has 1 saturated carbocycles. The van der Waals surface area contributed by atoms with Gasteiger partial charge < -0.3 is 10.3 Å². The molecule has 0 aliphatic heterocycles. The first kappa shape index (κ1) is 13.3. The number of aromatic nitrogens is 2. The van der Waals surface area contributed by atoms with Crippen molar-refractivity contribution in [2.75, 3.05) is 0 Å². The molecule has 0 radical (unpaired) electrons. The van der Waals surface area contributed by atoms with Crippen LogP contribution in [0.1, 0.15) is 43.6 Å². The van der Waals surface area contributed by atoms with Gasteiger partial charge in [0.05, 0.1) is 0 Å². The Hall–Kier alpha value is -1.68. The lowest BCUT2D eigenvalue weighted by molar-refractivity contribution is 0.362. The highest BCUT2D eigenvalue weighted by molar-refractivity contribution is 5.54. The van der Waals surface area contributed by atoms with Crippen molar-refractivity contribution in [3.8, 4) is 11.4 Å². The smallest absolute Gasteiger partial charge is 0.226 e. The van der Waals surface area contributed by atoms with Crippen LogP contribution in [0.15, 0.2) is 28.8 Å². The van der Waals surface area contributed by atoms with Crippen molar-refractivity contribution in [2.24, 2.45) is 11.7 Å². The van der Waals surface area contributed by atoms with E-state index in [1.165, 1.54) is 32.1 Å². The van der Waals surface area contributed by atoms with Gasteiger partial charge in [-0.1, -0.05) is 55.1 Å². The lowest BCUT2D eigenvalue weighted by Gasteiger charge is -2.04. The van der Waals surface area contributed by atoms with Crippen molar-refractivity contribution in [2.45, 2.75) is 45.1 Å². The van der Waals surface area contributed by atoms with Crippen molar-refractivity contribution >= 4 is 0 Å². The molecule has 1 heterocycles.